The number of aryl methyl sites for hydroxylation is 1. The Morgan fingerprint density at radius 1 is 1.42 bits per heavy atom. The molecule has 0 spiro atoms. The predicted molar refractivity (Wildman–Crippen MR) is 74.6 cm³/mol. The van der Waals surface area contributed by atoms with Gasteiger partial charge >= 0.3 is 0 Å². The number of piperidine rings is 1. The van der Waals surface area contributed by atoms with E-state index in [1.54, 1.807) is 13.0 Å². The molecular formula is C11H19ClN4O2S. The molecular weight excluding hydrogens is 288 g/mol. The molecule has 1 aliphatic rings. The first-order valence-corrected chi connectivity index (χ1v) is 7.48. The molecule has 1 atom stereocenters. The molecule has 1 fully saturated rings. The largest absolute Gasteiger partial charge is 0.330 e. The zero-order valence-electron chi connectivity index (χ0n) is 10.8. The van der Waals surface area contributed by atoms with Crippen LogP contribution in [-0.4, -0.2) is 42.6 Å². The van der Waals surface area contributed by atoms with Crippen LogP contribution in [0.4, 0.5) is 0 Å². The summed E-state index contributed by atoms with van der Waals surface area (Å²) in [6, 6.07) is 3.16. The molecule has 0 saturated carbocycles. The Balaban J connectivity index is 0.00000180. The second kappa shape index (κ2) is 6.60. The van der Waals surface area contributed by atoms with Crippen molar-refractivity contribution in [1.82, 2.24) is 14.5 Å². The molecule has 1 aromatic heterocycles. The molecule has 1 aromatic rings. The van der Waals surface area contributed by atoms with Crippen molar-refractivity contribution in [3.63, 3.8) is 0 Å². The van der Waals surface area contributed by atoms with E-state index in [0.29, 0.717) is 25.3 Å². The van der Waals surface area contributed by atoms with E-state index in [9.17, 15) is 8.42 Å². The van der Waals surface area contributed by atoms with Gasteiger partial charge in [-0.15, -0.1) is 17.5 Å². The lowest BCUT2D eigenvalue weighted by Gasteiger charge is -2.30. The van der Waals surface area contributed by atoms with Gasteiger partial charge in [0.1, 0.15) is 0 Å². The van der Waals surface area contributed by atoms with Gasteiger partial charge in [0, 0.05) is 13.1 Å². The first-order valence-electron chi connectivity index (χ1n) is 6.04. The number of hydrogen-bond acceptors (Lipinski definition) is 5. The first kappa shape index (κ1) is 16.3. The second-order valence-corrected chi connectivity index (χ2v) is 6.50. The highest BCUT2D eigenvalue weighted by atomic mass is 35.5. The van der Waals surface area contributed by atoms with Crippen LogP contribution < -0.4 is 5.73 Å². The highest BCUT2D eigenvalue weighted by Crippen LogP contribution is 2.21. The maximum Gasteiger partial charge on any atom is 0.262 e. The lowest BCUT2D eigenvalue weighted by Crippen LogP contribution is -2.42. The summed E-state index contributed by atoms with van der Waals surface area (Å²) in [5.41, 5.74) is 6.32. The van der Waals surface area contributed by atoms with Gasteiger partial charge in [0.25, 0.3) is 10.0 Å². The number of nitrogens with two attached hydrogens (primary N) is 1. The van der Waals surface area contributed by atoms with E-state index in [1.807, 2.05) is 0 Å². The van der Waals surface area contributed by atoms with Gasteiger partial charge in [0.2, 0.25) is 0 Å². The lowest BCUT2D eigenvalue weighted by molar-refractivity contribution is 0.270. The normalized spacial score (nSPS) is 20.8. The van der Waals surface area contributed by atoms with Crippen molar-refractivity contribution >= 4 is 22.4 Å². The summed E-state index contributed by atoms with van der Waals surface area (Å²) in [5, 5.41) is 7.58. The molecule has 6 nitrogen and oxygen atoms in total. The Kier molecular flexibility index (Phi) is 5.66. The molecule has 1 saturated heterocycles. The summed E-state index contributed by atoms with van der Waals surface area (Å²) in [6.45, 7) is 3.31. The van der Waals surface area contributed by atoms with E-state index in [0.717, 1.165) is 12.8 Å². The molecule has 1 aliphatic heterocycles. The fourth-order valence-electron chi connectivity index (χ4n) is 2.09. The number of aromatic nitrogens is 2. The summed E-state index contributed by atoms with van der Waals surface area (Å²) in [5.74, 6) is 0.243. The van der Waals surface area contributed by atoms with Crippen LogP contribution in [0.3, 0.4) is 0 Å². The molecule has 8 heteroatoms. The third kappa shape index (κ3) is 3.62. The number of rotatable bonds is 3. The molecule has 0 radical (unpaired) electrons. The molecule has 0 aromatic carbocycles. The number of halogens is 1. The van der Waals surface area contributed by atoms with Crippen molar-refractivity contribution in [3.05, 3.63) is 17.8 Å². The number of hydrogen-bond donors (Lipinski definition) is 1. The Morgan fingerprint density at radius 2 is 2.16 bits per heavy atom. The van der Waals surface area contributed by atoms with Gasteiger partial charge in [-0.25, -0.2) is 8.42 Å². The Morgan fingerprint density at radius 3 is 2.74 bits per heavy atom. The summed E-state index contributed by atoms with van der Waals surface area (Å²) < 4.78 is 26.2. The highest BCUT2D eigenvalue weighted by Gasteiger charge is 2.30. The van der Waals surface area contributed by atoms with E-state index >= 15 is 0 Å². The lowest BCUT2D eigenvalue weighted by atomic mass is 10.0. The zero-order valence-corrected chi connectivity index (χ0v) is 12.5. The molecule has 1 unspecified atom stereocenters. The smallest absolute Gasteiger partial charge is 0.262 e. The predicted octanol–water partition coefficient (Wildman–Crippen LogP) is 0.566. The third-order valence-corrected chi connectivity index (χ3v) is 4.95. The average Bonchev–Trinajstić information content (AvgIpc) is 2.39. The zero-order chi connectivity index (χ0) is 13.2. The van der Waals surface area contributed by atoms with Crippen LogP contribution in [0.1, 0.15) is 18.5 Å². The van der Waals surface area contributed by atoms with Crippen molar-refractivity contribution in [2.45, 2.75) is 24.8 Å². The summed E-state index contributed by atoms with van der Waals surface area (Å²) >= 11 is 0. The van der Waals surface area contributed by atoms with E-state index < -0.39 is 10.0 Å². The van der Waals surface area contributed by atoms with Crippen molar-refractivity contribution in [1.29, 1.82) is 0 Å². The summed E-state index contributed by atoms with van der Waals surface area (Å²) in [7, 11) is -3.52. The van der Waals surface area contributed by atoms with Crippen molar-refractivity contribution in [3.8, 4) is 0 Å². The molecule has 2 rings (SSSR count). The first-order chi connectivity index (χ1) is 8.54. The topological polar surface area (TPSA) is 89.2 Å². The van der Waals surface area contributed by atoms with Crippen LogP contribution in [0, 0.1) is 12.8 Å². The minimum Gasteiger partial charge on any atom is -0.330 e. The van der Waals surface area contributed by atoms with Gasteiger partial charge in [-0.2, -0.15) is 9.40 Å². The van der Waals surface area contributed by atoms with Crippen molar-refractivity contribution in [2.24, 2.45) is 11.7 Å². The SMILES string of the molecule is Cc1ccc(S(=O)(=O)N2CCCC(CN)C2)nn1.Cl. The van der Waals surface area contributed by atoms with E-state index in [1.165, 1.54) is 10.4 Å². The highest BCUT2D eigenvalue weighted by molar-refractivity contribution is 7.89. The van der Waals surface area contributed by atoms with Gasteiger partial charge in [-0.3, -0.25) is 0 Å². The van der Waals surface area contributed by atoms with Crippen LogP contribution in [-0.2, 0) is 10.0 Å². The summed E-state index contributed by atoms with van der Waals surface area (Å²) in [6.07, 6.45) is 1.84. The molecule has 19 heavy (non-hydrogen) atoms. The quantitative estimate of drug-likeness (QED) is 0.881. The fraction of sp³-hybridized carbons (Fsp3) is 0.636. The Bertz CT molecular complexity index is 506. The van der Waals surface area contributed by atoms with Crippen LogP contribution in [0.2, 0.25) is 0 Å². The third-order valence-electron chi connectivity index (χ3n) is 3.19. The van der Waals surface area contributed by atoms with E-state index in [2.05, 4.69) is 10.2 Å². The van der Waals surface area contributed by atoms with Crippen LogP contribution >= 0.6 is 12.4 Å². The molecule has 0 amide bonds. The molecule has 0 aliphatic carbocycles. The fourth-order valence-corrected chi connectivity index (χ4v) is 3.52. The van der Waals surface area contributed by atoms with Gasteiger partial charge in [-0.05, 0) is 44.4 Å². The van der Waals surface area contributed by atoms with Crippen LogP contribution in [0.5, 0.6) is 0 Å². The molecule has 108 valence electrons. The molecule has 0 bridgehead atoms. The Labute approximate surface area is 119 Å². The van der Waals surface area contributed by atoms with Gasteiger partial charge in [0.05, 0.1) is 5.69 Å². The molecule has 2 N–H and O–H groups in total. The standard InChI is InChI=1S/C11H18N4O2S.ClH/c1-9-4-5-11(14-13-9)18(16,17)15-6-2-3-10(7-12)8-15;/h4-5,10H,2-3,6-8,12H2,1H3;1H. The van der Waals surface area contributed by atoms with Gasteiger partial charge in [-0.1, -0.05) is 0 Å². The van der Waals surface area contributed by atoms with Crippen LogP contribution in [0.15, 0.2) is 17.2 Å². The van der Waals surface area contributed by atoms with Crippen LogP contribution in [0.25, 0.3) is 0 Å². The Hall–Kier alpha value is -0.760. The average molecular weight is 307 g/mol. The van der Waals surface area contributed by atoms with E-state index in [4.69, 9.17) is 5.73 Å². The maximum absolute atomic E-state index is 12.3. The molecule has 2 heterocycles. The summed E-state index contributed by atoms with van der Waals surface area (Å²) in [4.78, 5) is 0. The second-order valence-electron chi connectivity index (χ2n) is 4.62. The minimum absolute atomic E-state index is 0. The monoisotopic (exact) mass is 306 g/mol. The minimum atomic E-state index is -3.52. The van der Waals surface area contributed by atoms with E-state index in [-0.39, 0.29) is 23.4 Å². The van der Waals surface area contributed by atoms with Gasteiger partial charge < -0.3 is 5.73 Å². The van der Waals surface area contributed by atoms with Crippen molar-refractivity contribution < 1.29 is 8.42 Å². The van der Waals surface area contributed by atoms with Crippen molar-refractivity contribution in [2.75, 3.05) is 19.6 Å². The van der Waals surface area contributed by atoms with Gasteiger partial charge in [0.15, 0.2) is 5.03 Å². The number of sulfonamides is 1. The number of nitrogens with zero attached hydrogens (tertiary/aromatic N) is 3. The maximum atomic E-state index is 12.3.